The second kappa shape index (κ2) is 10.6. The van der Waals surface area contributed by atoms with Gasteiger partial charge in [0, 0.05) is 19.5 Å². The topological polar surface area (TPSA) is 55.8 Å². The molecule has 1 rings (SSSR count). The van der Waals surface area contributed by atoms with E-state index in [0.717, 1.165) is 18.4 Å². The van der Waals surface area contributed by atoms with Crippen LogP contribution in [0.3, 0.4) is 0 Å². The van der Waals surface area contributed by atoms with Crippen molar-refractivity contribution in [3.8, 4) is 0 Å². The lowest BCUT2D eigenvalue weighted by molar-refractivity contribution is -0.141. The Balaban J connectivity index is 2.87. The lowest BCUT2D eigenvalue weighted by Crippen LogP contribution is -2.43. The van der Waals surface area contributed by atoms with E-state index in [0.29, 0.717) is 19.5 Å². The van der Waals surface area contributed by atoms with Gasteiger partial charge in [0.1, 0.15) is 0 Å². The molecule has 0 aliphatic carbocycles. The number of rotatable bonds is 9. The fraction of sp³-hybridized carbons (Fsp3) is 0.556. The van der Waals surface area contributed by atoms with Crippen molar-refractivity contribution in [2.45, 2.75) is 46.1 Å². The highest BCUT2D eigenvalue weighted by molar-refractivity contribution is 5.83. The molecule has 0 saturated carbocycles. The third-order valence-electron chi connectivity index (χ3n) is 3.34. The predicted octanol–water partition coefficient (Wildman–Crippen LogP) is 3.42. The first-order valence-corrected chi connectivity index (χ1v) is 8.28. The molecule has 5 nitrogen and oxygen atoms in total. The molecule has 0 fully saturated rings. The first-order chi connectivity index (χ1) is 11.1. The first-order valence-electron chi connectivity index (χ1n) is 8.28. The Morgan fingerprint density at radius 2 is 1.65 bits per heavy atom. The number of carbonyl (C=O) groups excluding carboxylic acids is 2. The van der Waals surface area contributed by atoms with Gasteiger partial charge in [0.05, 0.1) is 6.61 Å². The SMILES string of the molecule is CCCN(CCC)C(=O)C(Cc1ccccc1)OC(=O)OCC. The van der Waals surface area contributed by atoms with Crippen LogP contribution in [0.2, 0.25) is 0 Å². The summed E-state index contributed by atoms with van der Waals surface area (Å²) in [7, 11) is 0. The number of hydrogen-bond acceptors (Lipinski definition) is 4. The Hall–Kier alpha value is -2.04. The van der Waals surface area contributed by atoms with Gasteiger partial charge in [-0.3, -0.25) is 4.79 Å². The number of nitrogens with zero attached hydrogens (tertiary/aromatic N) is 1. The van der Waals surface area contributed by atoms with E-state index in [4.69, 9.17) is 9.47 Å². The van der Waals surface area contributed by atoms with Gasteiger partial charge in [-0.2, -0.15) is 0 Å². The van der Waals surface area contributed by atoms with Crippen LogP contribution in [0.4, 0.5) is 4.79 Å². The molecule has 1 aromatic carbocycles. The average Bonchev–Trinajstić information content (AvgIpc) is 2.54. The quantitative estimate of drug-likeness (QED) is 0.654. The smallest absolute Gasteiger partial charge is 0.435 e. The van der Waals surface area contributed by atoms with Crippen LogP contribution in [0.5, 0.6) is 0 Å². The van der Waals surface area contributed by atoms with E-state index in [1.807, 2.05) is 44.2 Å². The van der Waals surface area contributed by atoms with E-state index in [1.165, 1.54) is 0 Å². The van der Waals surface area contributed by atoms with Crippen LogP contribution in [0.1, 0.15) is 39.2 Å². The highest BCUT2D eigenvalue weighted by atomic mass is 16.7. The molecule has 0 spiro atoms. The molecule has 1 amide bonds. The summed E-state index contributed by atoms with van der Waals surface area (Å²) in [6.07, 6.45) is 0.429. The normalized spacial score (nSPS) is 11.6. The zero-order chi connectivity index (χ0) is 17.1. The van der Waals surface area contributed by atoms with E-state index >= 15 is 0 Å². The van der Waals surface area contributed by atoms with Crippen LogP contribution in [-0.2, 0) is 20.7 Å². The zero-order valence-electron chi connectivity index (χ0n) is 14.3. The molecule has 0 heterocycles. The summed E-state index contributed by atoms with van der Waals surface area (Å²) in [4.78, 5) is 26.2. The van der Waals surface area contributed by atoms with Crippen molar-refractivity contribution in [1.29, 1.82) is 0 Å². The Morgan fingerprint density at radius 1 is 1.04 bits per heavy atom. The number of benzene rings is 1. The third kappa shape index (κ3) is 6.72. The molecule has 0 aliphatic rings. The van der Waals surface area contributed by atoms with Crippen molar-refractivity contribution in [2.75, 3.05) is 19.7 Å². The van der Waals surface area contributed by atoms with E-state index in [9.17, 15) is 9.59 Å². The number of carbonyl (C=O) groups is 2. The molecular formula is C18H27NO4. The van der Waals surface area contributed by atoms with E-state index in [1.54, 1.807) is 11.8 Å². The predicted molar refractivity (Wildman–Crippen MR) is 89.2 cm³/mol. The summed E-state index contributed by atoms with van der Waals surface area (Å²) in [5, 5.41) is 0. The summed E-state index contributed by atoms with van der Waals surface area (Å²) in [5.41, 5.74) is 0.947. The third-order valence-corrected chi connectivity index (χ3v) is 3.34. The summed E-state index contributed by atoms with van der Waals surface area (Å²) in [6, 6.07) is 9.54. The Morgan fingerprint density at radius 3 is 2.17 bits per heavy atom. The van der Waals surface area contributed by atoms with E-state index in [2.05, 4.69) is 0 Å². The highest BCUT2D eigenvalue weighted by Crippen LogP contribution is 2.11. The highest BCUT2D eigenvalue weighted by Gasteiger charge is 2.28. The van der Waals surface area contributed by atoms with Crippen LogP contribution in [-0.4, -0.2) is 42.8 Å². The lowest BCUT2D eigenvalue weighted by atomic mass is 10.1. The molecule has 5 heteroatoms. The fourth-order valence-electron chi connectivity index (χ4n) is 2.35. The molecule has 23 heavy (non-hydrogen) atoms. The van der Waals surface area contributed by atoms with Gasteiger partial charge >= 0.3 is 6.16 Å². The molecule has 1 atom stereocenters. The maximum absolute atomic E-state index is 12.8. The number of hydrogen-bond donors (Lipinski definition) is 0. The van der Waals surface area contributed by atoms with Gasteiger partial charge in [0.25, 0.3) is 5.91 Å². The molecule has 1 aromatic rings. The standard InChI is InChI=1S/C18H27NO4/c1-4-12-19(13-5-2)17(20)16(23-18(21)22-6-3)14-15-10-8-7-9-11-15/h7-11,16H,4-6,12-14H2,1-3H3. The monoisotopic (exact) mass is 321 g/mol. The Bertz CT molecular complexity index is 469. The minimum absolute atomic E-state index is 0.161. The number of amides is 1. The van der Waals surface area contributed by atoms with Crippen molar-refractivity contribution < 1.29 is 19.1 Å². The van der Waals surface area contributed by atoms with Gasteiger partial charge in [-0.05, 0) is 25.3 Å². The minimum atomic E-state index is -0.852. The van der Waals surface area contributed by atoms with Gasteiger partial charge in [0.15, 0.2) is 6.10 Å². The van der Waals surface area contributed by atoms with E-state index in [-0.39, 0.29) is 12.5 Å². The van der Waals surface area contributed by atoms with Crippen LogP contribution >= 0.6 is 0 Å². The van der Waals surface area contributed by atoms with Crippen molar-refractivity contribution in [2.24, 2.45) is 0 Å². The zero-order valence-corrected chi connectivity index (χ0v) is 14.3. The second-order valence-electron chi connectivity index (χ2n) is 5.30. The molecule has 0 saturated heterocycles. The molecule has 128 valence electrons. The first kappa shape index (κ1) is 19.0. The summed E-state index contributed by atoms with van der Waals surface area (Å²) < 4.78 is 10.1. The van der Waals surface area contributed by atoms with E-state index < -0.39 is 12.3 Å². The van der Waals surface area contributed by atoms with Crippen LogP contribution in [0.25, 0.3) is 0 Å². The molecule has 0 bridgehead atoms. The fourth-order valence-corrected chi connectivity index (χ4v) is 2.35. The van der Waals surface area contributed by atoms with Crippen LogP contribution in [0.15, 0.2) is 30.3 Å². The molecule has 0 radical (unpaired) electrons. The van der Waals surface area contributed by atoms with Crippen LogP contribution in [0, 0.1) is 0 Å². The van der Waals surface area contributed by atoms with Gasteiger partial charge in [0.2, 0.25) is 0 Å². The molecule has 0 aromatic heterocycles. The lowest BCUT2D eigenvalue weighted by Gasteiger charge is -2.26. The minimum Gasteiger partial charge on any atom is -0.435 e. The summed E-state index contributed by atoms with van der Waals surface area (Å²) in [6.45, 7) is 7.28. The summed E-state index contributed by atoms with van der Waals surface area (Å²) >= 11 is 0. The van der Waals surface area contributed by atoms with Crippen molar-refractivity contribution >= 4 is 12.1 Å². The second-order valence-corrected chi connectivity index (χ2v) is 5.30. The summed E-state index contributed by atoms with van der Waals surface area (Å²) in [5.74, 6) is -0.161. The van der Waals surface area contributed by atoms with Gasteiger partial charge in [-0.15, -0.1) is 0 Å². The molecule has 0 N–H and O–H groups in total. The van der Waals surface area contributed by atoms with Gasteiger partial charge in [-0.25, -0.2) is 4.79 Å². The van der Waals surface area contributed by atoms with Crippen molar-refractivity contribution in [3.05, 3.63) is 35.9 Å². The molecule has 0 aliphatic heterocycles. The maximum Gasteiger partial charge on any atom is 0.509 e. The van der Waals surface area contributed by atoms with Crippen molar-refractivity contribution in [1.82, 2.24) is 4.90 Å². The number of ether oxygens (including phenoxy) is 2. The molecular weight excluding hydrogens is 294 g/mol. The maximum atomic E-state index is 12.8. The molecule has 1 unspecified atom stereocenters. The Labute approximate surface area is 138 Å². The van der Waals surface area contributed by atoms with Crippen LogP contribution < -0.4 is 0 Å². The van der Waals surface area contributed by atoms with Gasteiger partial charge < -0.3 is 14.4 Å². The van der Waals surface area contributed by atoms with Gasteiger partial charge in [-0.1, -0.05) is 44.2 Å². The average molecular weight is 321 g/mol. The van der Waals surface area contributed by atoms with Crippen molar-refractivity contribution in [3.63, 3.8) is 0 Å². The Kier molecular flexibility index (Phi) is 8.80. The largest absolute Gasteiger partial charge is 0.509 e.